The van der Waals surface area contributed by atoms with Crippen molar-refractivity contribution >= 4 is 34.0 Å². The van der Waals surface area contributed by atoms with Gasteiger partial charge in [-0.1, -0.05) is 22.0 Å². The molecule has 0 fully saturated rings. The lowest BCUT2D eigenvalue weighted by Crippen LogP contribution is -1.75. The molecular formula is C8H6BrNOS. The fraction of sp³-hybridized carbons (Fsp3) is 0.125. The van der Waals surface area contributed by atoms with Crippen LogP contribution in [-0.2, 0) is 4.79 Å². The van der Waals surface area contributed by atoms with Crippen LogP contribution in [0.3, 0.4) is 0 Å². The van der Waals surface area contributed by atoms with Crippen LogP contribution in [0.2, 0.25) is 0 Å². The summed E-state index contributed by atoms with van der Waals surface area (Å²) in [7, 11) is 0. The van der Waals surface area contributed by atoms with Crippen LogP contribution < -0.4 is 0 Å². The molecule has 0 saturated carbocycles. The first kappa shape index (κ1) is 9.52. The van der Waals surface area contributed by atoms with E-state index in [1.165, 1.54) is 6.08 Å². The zero-order valence-corrected chi connectivity index (χ0v) is 8.78. The highest BCUT2D eigenvalue weighted by atomic mass is 79.9. The molecule has 0 amide bonds. The number of isocyanates is 1. The number of halogens is 1. The summed E-state index contributed by atoms with van der Waals surface area (Å²) in [5.74, 6) is 0. The minimum absolute atomic E-state index is 0.927. The SMILES string of the molecule is Cc1ccc(SN=C=O)cc1Br. The standard InChI is InChI=1S/C8H6BrNOS/c1-6-2-3-7(4-8(6)9)12-10-5-11/h2-4H,1H3. The van der Waals surface area contributed by atoms with E-state index in [9.17, 15) is 4.79 Å². The Labute approximate surface area is 83.3 Å². The first-order chi connectivity index (χ1) is 5.74. The highest BCUT2D eigenvalue weighted by molar-refractivity contribution is 9.10. The average Bonchev–Trinajstić information content (AvgIpc) is 2.07. The molecule has 1 rings (SSSR count). The summed E-state index contributed by atoms with van der Waals surface area (Å²) < 4.78 is 4.42. The molecule has 0 heterocycles. The normalized spacial score (nSPS) is 9.17. The highest BCUT2D eigenvalue weighted by Gasteiger charge is 1.96. The van der Waals surface area contributed by atoms with Gasteiger partial charge >= 0.3 is 0 Å². The third-order valence-electron chi connectivity index (χ3n) is 1.33. The van der Waals surface area contributed by atoms with Crippen LogP contribution in [0.15, 0.2) is 32.0 Å². The average molecular weight is 244 g/mol. The van der Waals surface area contributed by atoms with E-state index in [-0.39, 0.29) is 0 Å². The zero-order valence-electron chi connectivity index (χ0n) is 6.37. The number of hydrogen-bond donors (Lipinski definition) is 0. The van der Waals surface area contributed by atoms with Crippen LogP contribution in [0, 0.1) is 6.92 Å². The van der Waals surface area contributed by atoms with Gasteiger partial charge in [0.05, 0.1) is 0 Å². The summed E-state index contributed by atoms with van der Waals surface area (Å²) in [5, 5.41) is 0. The summed E-state index contributed by atoms with van der Waals surface area (Å²) in [6.07, 6.45) is 1.47. The molecule has 62 valence electrons. The third kappa shape index (κ3) is 2.48. The van der Waals surface area contributed by atoms with Gasteiger partial charge in [0.15, 0.2) is 0 Å². The van der Waals surface area contributed by atoms with E-state index in [1.807, 2.05) is 25.1 Å². The molecule has 2 nitrogen and oxygen atoms in total. The Morgan fingerprint density at radius 2 is 2.33 bits per heavy atom. The maximum absolute atomic E-state index is 9.81. The Morgan fingerprint density at radius 1 is 1.58 bits per heavy atom. The van der Waals surface area contributed by atoms with Crippen LogP contribution in [0.25, 0.3) is 0 Å². The number of nitrogens with zero attached hydrogens (tertiary/aromatic N) is 1. The number of rotatable bonds is 2. The van der Waals surface area contributed by atoms with Crippen molar-refractivity contribution in [1.82, 2.24) is 0 Å². The molecule has 0 saturated heterocycles. The van der Waals surface area contributed by atoms with Gasteiger partial charge in [-0.2, -0.15) is 0 Å². The fourth-order valence-corrected chi connectivity index (χ4v) is 1.67. The minimum atomic E-state index is 0.927. The first-order valence-electron chi connectivity index (χ1n) is 3.24. The van der Waals surface area contributed by atoms with Crippen molar-refractivity contribution in [1.29, 1.82) is 0 Å². The lowest BCUT2D eigenvalue weighted by molar-refractivity contribution is 0.566. The summed E-state index contributed by atoms with van der Waals surface area (Å²) in [4.78, 5) is 10.7. The Bertz CT molecular complexity index is 334. The van der Waals surface area contributed by atoms with Gasteiger partial charge in [-0.05, 0) is 24.6 Å². The number of hydrogen-bond acceptors (Lipinski definition) is 3. The molecule has 0 N–H and O–H groups in total. The number of benzene rings is 1. The predicted octanol–water partition coefficient (Wildman–Crippen LogP) is 3.10. The Kier molecular flexibility index (Phi) is 3.53. The largest absolute Gasteiger partial charge is 0.247 e. The maximum atomic E-state index is 9.81. The van der Waals surface area contributed by atoms with E-state index < -0.39 is 0 Å². The van der Waals surface area contributed by atoms with Crippen molar-refractivity contribution in [2.75, 3.05) is 0 Å². The Balaban J connectivity index is 2.89. The molecule has 1 aromatic carbocycles. The van der Waals surface area contributed by atoms with E-state index in [0.29, 0.717) is 0 Å². The van der Waals surface area contributed by atoms with E-state index in [2.05, 4.69) is 20.3 Å². The topological polar surface area (TPSA) is 29.4 Å². The molecule has 0 spiro atoms. The summed E-state index contributed by atoms with van der Waals surface area (Å²) in [5.41, 5.74) is 1.16. The Morgan fingerprint density at radius 3 is 2.92 bits per heavy atom. The monoisotopic (exact) mass is 243 g/mol. The second kappa shape index (κ2) is 4.45. The molecule has 4 heteroatoms. The molecule has 12 heavy (non-hydrogen) atoms. The molecule has 0 bridgehead atoms. The van der Waals surface area contributed by atoms with Gasteiger partial charge in [-0.3, -0.25) is 0 Å². The van der Waals surface area contributed by atoms with Crippen molar-refractivity contribution in [3.63, 3.8) is 0 Å². The van der Waals surface area contributed by atoms with Crippen LogP contribution in [0.1, 0.15) is 5.56 Å². The molecule has 0 radical (unpaired) electrons. The molecule has 0 aromatic heterocycles. The van der Waals surface area contributed by atoms with E-state index in [4.69, 9.17) is 0 Å². The van der Waals surface area contributed by atoms with Gasteiger partial charge in [0.25, 0.3) is 0 Å². The van der Waals surface area contributed by atoms with Crippen molar-refractivity contribution in [3.05, 3.63) is 28.2 Å². The van der Waals surface area contributed by atoms with Crippen molar-refractivity contribution in [2.45, 2.75) is 11.8 Å². The second-order valence-electron chi connectivity index (χ2n) is 2.18. The smallest absolute Gasteiger partial charge is 0.210 e. The van der Waals surface area contributed by atoms with Gasteiger partial charge in [0.2, 0.25) is 6.08 Å². The molecule has 0 unspecified atom stereocenters. The predicted molar refractivity (Wildman–Crippen MR) is 52.9 cm³/mol. The van der Waals surface area contributed by atoms with Crippen molar-refractivity contribution < 1.29 is 4.79 Å². The van der Waals surface area contributed by atoms with Gasteiger partial charge in [-0.25, -0.2) is 4.79 Å². The van der Waals surface area contributed by atoms with E-state index in [0.717, 1.165) is 26.9 Å². The minimum Gasteiger partial charge on any atom is -0.210 e. The quantitative estimate of drug-likeness (QED) is 0.454. The summed E-state index contributed by atoms with van der Waals surface area (Å²) in [6.45, 7) is 2.00. The van der Waals surface area contributed by atoms with Crippen molar-refractivity contribution in [3.8, 4) is 0 Å². The van der Waals surface area contributed by atoms with Crippen LogP contribution in [0.4, 0.5) is 0 Å². The molecule has 0 aliphatic heterocycles. The molecule has 0 aliphatic rings. The molecule has 0 atom stereocenters. The lowest BCUT2D eigenvalue weighted by Gasteiger charge is -1.98. The van der Waals surface area contributed by atoms with Crippen LogP contribution in [-0.4, -0.2) is 6.08 Å². The molecular weight excluding hydrogens is 238 g/mol. The highest BCUT2D eigenvalue weighted by Crippen LogP contribution is 2.24. The van der Waals surface area contributed by atoms with Crippen LogP contribution >= 0.6 is 27.9 Å². The lowest BCUT2D eigenvalue weighted by atomic mass is 10.2. The van der Waals surface area contributed by atoms with E-state index in [1.54, 1.807) is 0 Å². The van der Waals surface area contributed by atoms with Gasteiger partial charge in [-0.15, -0.1) is 4.40 Å². The van der Waals surface area contributed by atoms with Crippen molar-refractivity contribution in [2.24, 2.45) is 4.40 Å². The third-order valence-corrected chi connectivity index (χ3v) is 2.82. The van der Waals surface area contributed by atoms with Crippen LogP contribution in [0.5, 0.6) is 0 Å². The summed E-state index contributed by atoms with van der Waals surface area (Å²) in [6, 6.07) is 5.79. The maximum Gasteiger partial charge on any atom is 0.247 e. The van der Waals surface area contributed by atoms with Gasteiger partial charge in [0, 0.05) is 21.3 Å². The summed E-state index contributed by atoms with van der Waals surface area (Å²) >= 11 is 4.50. The second-order valence-corrected chi connectivity index (χ2v) is 3.88. The van der Waals surface area contributed by atoms with Gasteiger partial charge < -0.3 is 0 Å². The molecule has 0 aliphatic carbocycles. The number of carbonyl (C=O) groups excluding carboxylic acids is 1. The van der Waals surface area contributed by atoms with E-state index >= 15 is 0 Å². The number of aryl methyl sites for hydroxylation is 1. The first-order valence-corrected chi connectivity index (χ1v) is 4.81. The Hall–Kier alpha value is -0.570. The fourth-order valence-electron chi connectivity index (χ4n) is 0.702. The van der Waals surface area contributed by atoms with Gasteiger partial charge in [0.1, 0.15) is 0 Å². The zero-order chi connectivity index (χ0) is 8.97. The molecule has 1 aromatic rings.